The third-order valence-corrected chi connectivity index (χ3v) is 6.84. The van der Waals surface area contributed by atoms with Gasteiger partial charge in [-0.1, -0.05) is 6.07 Å². The molecule has 0 aliphatic carbocycles. The van der Waals surface area contributed by atoms with Crippen LogP contribution in [0.3, 0.4) is 0 Å². The summed E-state index contributed by atoms with van der Waals surface area (Å²) in [7, 11) is 0. The highest BCUT2D eigenvalue weighted by molar-refractivity contribution is 5.58. The van der Waals surface area contributed by atoms with Crippen LogP contribution < -0.4 is 16.3 Å². The minimum absolute atomic E-state index is 0.0548. The maximum Gasteiger partial charge on any atom is 0.368 e. The third kappa shape index (κ3) is 4.76. The van der Waals surface area contributed by atoms with Crippen LogP contribution >= 0.6 is 0 Å². The summed E-state index contributed by atoms with van der Waals surface area (Å²) in [5.74, 6) is -0.0861. The highest BCUT2D eigenvalue weighted by Gasteiger charge is 2.43. The Morgan fingerprint density at radius 2 is 2.14 bits per heavy atom. The van der Waals surface area contributed by atoms with E-state index in [0.717, 1.165) is 34.9 Å². The van der Waals surface area contributed by atoms with Crippen LogP contribution in [0, 0.1) is 5.82 Å². The first-order valence-corrected chi connectivity index (χ1v) is 11.9. The number of aliphatic hydroxyl groups excluding tert-OH is 1. The molecule has 1 aromatic carbocycles. The molecule has 2 fully saturated rings. The lowest BCUT2D eigenvalue weighted by molar-refractivity contribution is 0.0500. The van der Waals surface area contributed by atoms with Gasteiger partial charge in [0.1, 0.15) is 0 Å². The minimum Gasteiger partial charge on any atom is -0.394 e. The smallest absolute Gasteiger partial charge is 0.368 e. The third-order valence-electron chi connectivity index (χ3n) is 6.84. The lowest BCUT2D eigenvalue weighted by atomic mass is 9.84. The number of nitrogens with zero attached hydrogens (tertiary/aromatic N) is 7. The summed E-state index contributed by atoms with van der Waals surface area (Å²) < 4.78 is 16.8. The molecular weight excluding hydrogens is 453 g/mol. The minimum atomic E-state index is -0.497. The molecule has 2 unspecified atom stereocenters. The van der Waals surface area contributed by atoms with Gasteiger partial charge >= 0.3 is 5.69 Å². The average molecular weight is 484 g/mol. The van der Waals surface area contributed by atoms with Gasteiger partial charge in [0.05, 0.1) is 25.0 Å². The molecular formula is C23H30FN9O2. The second-order valence-electron chi connectivity index (χ2n) is 9.77. The van der Waals surface area contributed by atoms with E-state index < -0.39 is 11.5 Å². The predicted octanol–water partition coefficient (Wildman–Crippen LogP) is 1.91. The summed E-state index contributed by atoms with van der Waals surface area (Å²) in [5, 5.41) is 23.1. The molecule has 0 bridgehead atoms. The van der Waals surface area contributed by atoms with Crippen LogP contribution in [-0.2, 0) is 6.54 Å². The molecule has 2 saturated heterocycles. The van der Waals surface area contributed by atoms with E-state index in [2.05, 4.69) is 49.8 Å². The van der Waals surface area contributed by atoms with E-state index in [1.165, 1.54) is 12.8 Å². The van der Waals surface area contributed by atoms with E-state index in [4.69, 9.17) is 5.11 Å². The molecule has 2 aliphatic heterocycles. The van der Waals surface area contributed by atoms with Gasteiger partial charge in [-0.25, -0.2) is 14.2 Å². The van der Waals surface area contributed by atoms with Gasteiger partial charge in [-0.3, -0.25) is 4.90 Å². The molecule has 2 atom stereocenters. The van der Waals surface area contributed by atoms with Crippen molar-refractivity contribution in [3.8, 4) is 5.69 Å². The first-order chi connectivity index (χ1) is 16.8. The highest BCUT2D eigenvalue weighted by atomic mass is 19.1. The summed E-state index contributed by atoms with van der Waals surface area (Å²) in [4.78, 5) is 23.5. The first kappa shape index (κ1) is 23.4. The Labute approximate surface area is 202 Å². The number of aliphatic hydroxyl groups is 1. The van der Waals surface area contributed by atoms with E-state index in [-0.39, 0.29) is 36.5 Å². The standard InChI is InChI=1S/C23H30FN9O2/c1-23(2)13-16(12-17-7-4-8-31(17)23)26-20-19(24)14-25-21(28-20)27-15-5-3-6-18(11-15)33-22(35)32(9-10-34)29-30-33/h3,5-6,11,14,16-17,34H,4,7-10,12-13H2,1-2H3,(H2,25,26,27,28). The lowest BCUT2D eigenvalue weighted by Gasteiger charge is -2.47. The fourth-order valence-electron chi connectivity index (χ4n) is 5.36. The number of piperidine rings is 1. The van der Waals surface area contributed by atoms with Gasteiger partial charge in [0.25, 0.3) is 0 Å². The van der Waals surface area contributed by atoms with Crippen molar-refractivity contribution >= 4 is 17.5 Å². The number of rotatable bonds is 7. The van der Waals surface area contributed by atoms with Gasteiger partial charge in [-0.15, -0.1) is 0 Å². The maximum atomic E-state index is 14.6. The van der Waals surface area contributed by atoms with Crippen LogP contribution in [0.5, 0.6) is 0 Å². The molecule has 2 aromatic heterocycles. The van der Waals surface area contributed by atoms with Crippen molar-refractivity contribution in [1.29, 1.82) is 0 Å². The first-order valence-electron chi connectivity index (χ1n) is 11.9. The highest BCUT2D eigenvalue weighted by Crippen LogP contribution is 2.38. The van der Waals surface area contributed by atoms with Crippen LogP contribution in [0.25, 0.3) is 5.69 Å². The molecule has 0 spiro atoms. The molecule has 2 aliphatic rings. The van der Waals surface area contributed by atoms with E-state index in [1.807, 2.05) is 0 Å². The molecule has 11 nitrogen and oxygen atoms in total. The fraction of sp³-hybridized carbons (Fsp3) is 0.522. The average Bonchev–Trinajstić information content (AvgIpc) is 3.44. The van der Waals surface area contributed by atoms with Crippen molar-refractivity contribution < 1.29 is 9.50 Å². The van der Waals surface area contributed by atoms with Crippen LogP contribution in [0.1, 0.15) is 39.5 Å². The number of tetrazole rings is 1. The summed E-state index contributed by atoms with van der Waals surface area (Å²) in [6, 6.07) is 7.57. The molecule has 186 valence electrons. The Hall–Kier alpha value is -3.38. The van der Waals surface area contributed by atoms with Crippen molar-refractivity contribution in [3.05, 3.63) is 46.8 Å². The van der Waals surface area contributed by atoms with Crippen molar-refractivity contribution in [2.24, 2.45) is 0 Å². The number of benzene rings is 1. The predicted molar refractivity (Wildman–Crippen MR) is 128 cm³/mol. The summed E-state index contributed by atoms with van der Waals surface area (Å²) in [6.45, 7) is 5.48. The number of hydrogen-bond donors (Lipinski definition) is 3. The van der Waals surface area contributed by atoms with E-state index in [0.29, 0.717) is 17.4 Å². The Bertz CT molecular complexity index is 1260. The van der Waals surface area contributed by atoms with Gasteiger partial charge in [-0.05, 0) is 74.7 Å². The van der Waals surface area contributed by atoms with Gasteiger partial charge in [0, 0.05) is 23.3 Å². The summed E-state index contributed by atoms with van der Waals surface area (Å²) >= 11 is 0. The van der Waals surface area contributed by atoms with Crippen LogP contribution in [0.4, 0.5) is 21.8 Å². The number of anilines is 3. The molecule has 3 N–H and O–H groups in total. The molecule has 0 radical (unpaired) electrons. The zero-order valence-corrected chi connectivity index (χ0v) is 19.9. The molecule has 5 rings (SSSR count). The maximum absolute atomic E-state index is 14.6. The lowest BCUT2D eigenvalue weighted by Crippen LogP contribution is -2.55. The van der Waals surface area contributed by atoms with Crippen LogP contribution in [0.15, 0.2) is 35.3 Å². The van der Waals surface area contributed by atoms with Gasteiger partial charge in [0.15, 0.2) is 11.6 Å². The normalized spacial score (nSPS) is 21.6. The topological polar surface area (TPSA) is 126 Å². The molecule has 0 saturated carbocycles. The Morgan fingerprint density at radius 1 is 1.29 bits per heavy atom. The molecule has 12 heteroatoms. The van der Waals surface area contributed by atoms with E-state index >= 15 is 0 Å². The fourth-order valence-corrected chi connectivity index (χ4v) is 5.36. The Morgan fingerprint density at radius 3 is 2.97 bits per heavy atom. The number of hydrogen-bond acceptors (Lipinski definition) is 9. The van der Waals surface area contributed by atoms with E-state index in [9.17, 15) is 9.18 Å². The Balaban J connectivity index is 1.33. The Kier molecular flexibility index (Phi) is 6.24. The number of aromatic nitrogens is 6. The van der Waals surface area contributed by atoms with E-state index in [1.54, 1.807) is 24.3 Å². The zero-order chi connectivity index (χ0) is 24.6. The quantitative estimate of drug-likeness (QED) is 0.462. The van der Waals surface area contributed by atoms with Gasteiger partial charge in [-0.2, -0.15) is 14.3 Å². The zero-order valence-electron chi connectivity index (χ0n) is 19.9. The number of halogens is 1. The molecule has 3 aromatic rings. The van der Waals surface area contributed by atoms with Crippen LogP contribution in [0.2, 0.25) is 0 Å². The van der Waals surface area contributed by atoms with Crippen molar-refractivity contribution in [3.63, 3.8) is 0 Å². The number of fused-ring (bicyclic) bond motifs is 1. The SMILES string of the molecule is CC1(C)CC(Nc2nc(Nc3cccc(-n4nnn(CCO)c4=O)c3)ncc2F)CC2CCCN21. The van der Waals surface area contributed by atoms with Crippen LogP contribution in [-0.4, -0.2) is 70.5 Å². The van der Waals surface area contributed by atoms with Crippen molar-refractivity contribution in [1.82, 2.24) is 34.7 Å². The van der Waals surface area contributed by atoms with Gasteiger partial charge in [0.2, 0.25) is 5.95 Å². The summed E-state index contributed by atoms with van der Waals surface area (Å²) in [6.07, 6.45) is 5.41. The molecule has 35 heavy (non-hydrogen) atoms. The second-order valence-corrected chi connectivity index (χ2v) is 9.77. The molecule has 0 amide bonds. The van der Waals surface area contributed by atoms with Crippen molar-refractivity contribution in [2.75, 3.05) is 23.8 Å². The van der Waals surface area contributed by atoms with Gasteiger partial charge < -0.3 is 15.7 Å². The monoisotopic (exact) mass is 483 g/mol. The second kappa shape index (κ2) is 9.34. The number of nitrogens with one attached hydrogen (secondary N) is 2. The van der Waals surface area contributed by atoms with Crippen molar-refractivity contribution in [2.45, 2.75) is 63.7 Å². The summed E-state index contributed by atoms with van der Waals surface area (Å²) in [5.41, 5.74) is 0.676. The molecule has 4 heterocycles. The largest absolute Gasteiger partial charge is 0.394 e.